The third-order valence-corrected chi connectivity index (χ3v) is 2.53. The van der Waals surface area contributed by atoms with Gasteiger partial charge in [-0.1, -0.05) is 6.07 Å². The first kappa shape index (κ1) is 13.9. The Morgan fingerprint density at radius 2 is 2.35 bits per heavy atom. The van der Waals surface area contributed by atoms with Crippen molar-refractivity contribution in [2.75, 3.05) is 11.9 Å². The van der Waals surface area contributed by atoms with Crippen molar-refractivity contribution >= 4 is 24.1 Å². The molecule has 0 spiro atoms. The van der Waals surface area contributed by atoms with Gasteiger partial charge in [-0.3, -0.25) is 4.79 Å². The summed E-state index contributed by atoms with van der Waals surface area (Å²) in [6.45, 7) is 2.10. The first-order chi connectivity index (χ1) is 7.65. The Kier molecular flexibility index (Phi) is 4.84. The van der Waals surface area contributed by atoms with Gasteiger partial charge in [0.05, 0.1) is 6.04 Å². The third-order valence-electron chi connectivity index (χ3n) is 2.53. The van der Waals surface area contributed by atoms with E-state index in [0.717, 1.165) is 5.69 Å². The molecule has 0 bridgehead atoms. The Labute approximate surface area is 105 Å². The number of pyridine rings is 1. The predicted molar refractivity (Wildman–Crippen MR) is 66.2 cm³/mol. The van der Waals surface area contributed by atoms with E-state index in [2.05, 4.69) is 15.6 Å². The first-order valence-electron chi connectivity index (χ1n) is 5.27. The minimum atomic E-state index is -0.929. The van der Waals surface area contributed by atoms with Gasteiger partial charge in [-0.2, -0.15) is 0 Å². The first-order valence-corrected chi connectivity index (χ1v) is 5.27. The Morgan fingerprint density at radius 1 is 1.59 bits per heavy atom. The molecule has 2 atom stereocenters. The van der Waals surface area contributed by atoms with Crippen molar-refractivity contribution in [3.05, 3.63) is 23.9 Å². The number of alkyl halides is 1. The number of aryl methyl sites for hydroxylation is 1. The van der Waals surface area contributed by atoms with E-state index in [1.54, 1.807) is 6.07 Å². The fourth-order valence-corrected chi connectivity index (χ4v) is 1.72. The van der Waals surface area contributed by atoms with Crippen molar-refractivity contribution in [3.63, 3.8) is 0 Å². The lowest BCUT2D eigenvalue weighted by molar-refractivity contribution is -0.117. The van der Waals surface area contributed by atoms with E-state index in [-0.39, 0.29) is 31.3 Å². The van der Waals surface area contributed by atoms with Crippen LogP contribution in [-0.2, 0) is 4.79 Å². The summed E-state index contributed by atoms with van der Waals surface area (Å²) in [6, 6.07) is 4.93. The zero-order valence-electron chi connectivity index (χ0n) is 9.44. The zero-order valence-corrected chi connectivity index (χ0v) is 10.3. The molecule has 1 aromatic heterocycles. The smallest absolute Gasteiger partial charge is 0.242 e. The SMILES string of the molecule is Cc1cccc(NC(=O)[C@@H]2C[C@@H](F)CN2)n1.Cl. The molecular formula is C11H15ClFN3O. The van der Waals surface area contributed by atoms with Crippen molar-refractivity contribution in [3.8, 4) is 0 Å². The molecule has 1 aliphatic rings. The van der Waals surface area contributed by atoms with Gasteiger partial charge in [0.2, 0.25) is 5.91 Å². The van der Waals surface area contributed by atoms with Gasteiger partial charge in [0.25, 0.3) is 0 Å². The molecule has 2 N–H and O–H groups in total. The Hall–Kier alpha value is -1.20. The predicted octanol–water partition coefficient (Wildman–Crippen LogP) is 1.45. The van der Waals surface area contributed by atoms with E-state index in [4.69, 9.17) is 0 Å². The number of amides is 1. The fraction of sp³-hybridized carbons (Fsp3) is 0.455. The second kappa shape index (κ2) is 5.93. The van der Waals surface area contributed by atoms with Crippen molar-refractivity contribution in [1.82, 2.24) is 10.3 Å². The number of nitrogens with zero attached hydrogens (tertiary/aromatic N) is 1. The van der Waals surface area contributed by atoms with Crippen LogP contribution in [0.15, 0.2) is 18.2 Å². The van der Waals surface area contributed by atoms with Gasteiger partial charge in [-0.05, 0) is 19.1 Å². The largest absolute Gasteiger partial charge is 0.309 e. The van der Waals surface area contributed by atoms with Crippen molar-refractivity contribution in [1.29, 1.82) is 0 Å². The quantitative estimate of drug-likeness (QED) is 0.845. The van der Waals surface area contributed by atoms with E-state index in [9.17, 15) is 9.18 Å². The van der Waals surface area contributed by atoms with Crippen LogP contribution in [0.25, 0.3) is 0 Å². The van der Waals surface area contributed by atoms with Crippen molar-refractivity contribution < 1.29 is 9.18 Å². The average molecular weight is 260 g/mol. The van der Waals surface area contributed by atoms with Gasteiger partial charge in [-0.15, -0.1) is 12.4 Å². The summed E-state index contributed by atoms with van der Waals surface area (Å²) in [7, 11) is 0. The maximum atomic E-state index is 12.9. The summed E-state index contributed by atoms with van der Waals surface area (Å²) in [5.74, 6) is 0.285. The van der Waals surface area contributed by atoms with Gasteiger partial charge in [0, 0.05) is 18.7 Å². The van der Waals surface area contributed by atoms with E-state index in [1.165, 1.54) is 0 Å². The number of hydrogen-bond acceptors (Lipinski definition) is 3. The average Bonchev–Trinajstić information content (AvgIpc) is 2.65. The number of hydrogen-bond donors (Lipinski definition) is 2. The minimum absolute atomic E-state index is 0. The number of carbonyl (C=O) groups is 1. The molecule has 1 aromatic rings. The van der Waals surface area contributed by atoms with Crippen LogP contribution in [0.4, 0.5) is 10.2 Å². The van der Waals surface area contributed by atoms with Crippen LogP contribution in [-0.4, -0.2) is 29.6 Å². The topological polar surface area (TPSA) is 54.0 Å². The number of halogens is 2. The molecule has 0 aromatic carbocycles. The highest BCUT2D eigenvalue weighted by Gasteiger charge is 2.29. The van der Waals surface area contributed by atoms with Gasteiger partial charge in [0.1, 0.15) is 12.0 Å². The summed E-state index contributed by atoms with van der Waals surface area (Å²) >= 11 is 0. The Bertz CT molecular complexity index is 402. The summed E-state index contributed by atoms with van der Waals surface area (Å²) in [6.07, 6.45) is -0.696. The summed E-state index contributed by atoms with van der Waals surface area (Å²) in [5.41, 5.74) is 0.834. The summed E-state index contributed by atoms with van der Waals surface area (Å²) in [4.78, 5) is 15.8. The van der Waals surface area contributed by atoms with Crippen molar-refractivity contribution in [2.45, 2.75) is 25.6 Å². The number of nitrogens with one attached hydrogen (secondary N) is 2. The van der Waals surface area contributed by atoms with Crippen LogP contribution in [0.3, 0.4) is 0 Å². The fourth-order valence-electron chi connectivity index (χ4n) is 1.72. The Balaban J connectivity index is 0.00000144. The van der Waals surface area contributed by atoms with Crippen LogP contribution >= 0.6 is 12.4 Å². The monoisotopic (exact) mass is 259 g/mol. The van der Waals surface area contributed by atoms with Crippen LogP contribution in [0.2, 0.25) is 0 Å². The van der Waals surface area contributed by atoms with Crippen LogP contribution < -0.4 is 10.6 Å². The van der Waals surface area contributed by atoms with Gasteiger partial charge in [0.15, 0.2) is 0 Å². The maximum Gasteiger partial charge on any atom is 0.242 e. The molecule has 2 rings (SSSR count). The lowest BCUT2D eigenvalue weighted by Crippen LogP contribution is -2.35. The summed E-state index contributed by atoms with van der Waals surface area (Å²) in [5, 5.41) is 5.49. The second-order valence-corrected chi connectivity index (χ2v) is 3.95. The zero-order chi connectivity index (χ0) is 11.5. The minimum Gasteiger partial charge on any atom is -0.309 e. The molecule has 2 heterocycles. The standard InChI is InChI=1S/C11H14FN3O.ClH/c1-7-3-2-4-10(14-7)15-11(16)9-5-8(12)6-13-9;/h2-4,8-9,13H,5-6H2,1H3,(H,14,15,16);1H/t8-,9+;/m1./s1. The molecular weight excluding hydrogens is 245 g/mol. The molecule has 0 radical (unpaired) electrons. The lowest BCUT2D eigenvalue weighted by atomic mass is 10.2. The molecule has 17 heavy (non-hydrogen) atoms. The molecule has 0 unspecified atom stereocenters. The molecule has 1 saturated heterocycles. The van der Waals surface area contributed by atoms with Gasteiger partial charge < -0.3 is 10.6 Å². The van der Waals surface area contributed by atoms with E-state index in [0.29, 0.717) is 5.82 Å². The maximum absolute atomic E-state index is 12.9. The second-order valence-electron chi connectivity index (χ2n) is 3.95. The van der Waals surface area contributed by atoms with Gasteiger partial charge in [-0.25, -0.2) is 9.37 Å². The highest BCUT2D eigenvalue weighted by Crippen LogP contribution is 2.12. The molecule has 6 heteroatoms. The lowest BCUT2D eigenvalue weighted by Gasteiger charge is -2.10. The molecule has 1 amide bonds. The van der Waals surface area contributed by atoms with Crippen LogP contribution in [0, 0.1) is 6.92 Å². The van der Waals surface area contributed by atoms with Crippen LogP contribution in [0.5, 0.6) is 0 Å². The molecule has 4 nitrogen and oxygen atoms in total. The van der Waals surface area contributed by atoms with E-state index < -0.39 is 12.2 Å². The highest BCUT2D eigenvalue weighted by atomic mass is 35.5. The third kappa shape index (κ3) is 3.64. The number of anilines is 1. The van der Waals surface area contributed by atoms with Crippen molar-refractivity contribution in [2.24, 2.45) is 0 Å². The number of aromatic nitrogens is 1. The molecule has 1 aliphatic heterocycles. The van der Waals surface area contributed by atoms with Gasteiger partial charge >= 0.3 is 0 Å². The molecule has 94 valence electrons. The highest BCUT2D eigenvalue weighted by molar-refractivity contribution is 5.94. The number of carbonyl (C=O) groups excluding carboxylic acids is 1. The number of rotatable bonds is 2. The Morgan fingerprint density at radius 3 is 2.94 bits per heavy atom. The van der Waals surface area contributed by atoms with E-state index >= 15 is 0 Å². The van der Waals surface area contributed by atoms with E-state index in [1.807, 2.05) is 19.1 Å². The molecule has 0 aliphatic carbocycles. The van der Waals surface area contributed by atoms with Crippen LogP contribution in [0.1, 0.15) is 12.1 Å². The molecule has 0 saturated carbocycles. The normalized spacial score (nSPS) is 22.9. The molecule has 1 fully saturated rings. The summed E-state index contributed by atoms with van der Waals surface area (Å²) < 4.78 is 12.9.